The van der Waals surface area contributed by atoms with Crippen LogP contribution >= 0.6 is 11.3 Å². The lowest BCUT2D eigenvalue weighted by Crippen LogP contribution is -2.14. The molecule has 0 bridgehead atoms. The lowest BCUT2D eigenvalue weighted by molar-refractivity contribution is 0.413. The zero-order valence-electron chi connectivity index (χ0n) is 9.68. The Bertz CT molecular complexity index is 434. The molecule has 1 aromatic carbocycles. The second kappa shape index (κ2) is 5.23. The Kier molecular flexibility index (Phi) is 3.70. The summed E-state index contributed by atoms with van der Waals surface area (Å²) in [6.07, 6.45) is 1.03. The van der Waals surface area contributed by atoms with Crippen LogP contribution in [0.3, 0.4) is 0 Å². The van der Waals surface area contributed by atoms with E-state index in [0.717, 1.165) is 18.7 Å². The maximum atomic E-state index is 4.64. The molecule has 0 saturated carbocycles. The van der Waals surface area contributed by atoms with Gasteiger partial charge in [-0.25, -0.2) is 4.98 Å². The smallest absolute Gasteiger partial charge is 0.0945 e. The molecule has 0 saturated heterocycles. The first kappa shape index (κ1) is 11.3. The van der Waals surface area contributed by atoms with E-state index in [2.05, 4.69) is 41.5 Å². The van der Waals surface area contributed by atoms with Crippen LogP contribution in [-0.4, -0.2) is 30.5 Å². The van der Waals surface area contributed by atoms with Crippen LogP contribution in [0.4, 0.5) is 0 Å². The molecule has 84 valence electrons. The van der Waals surface area contributed by atoms with Crippen LogP contribution in [0.15, 0.2) is 35.7 Å². The quantitative estimate of drug-likeness (QED) is 0.805. The van der Waals surface area contributed by atoms with Crippen LogP contribution in [0.5, 0.6) is 0 Å². The predicted molar refractivity (Wildman–Crippen MR) is 69.8 cm³/mol. The molecule has 0 amide bonds. The molecule has 2 aromatic rings. The molecule has 1 heterocycles. The van der Waals surface area contributed by atoms with E-state index in [1.165, 1.54) is 10.6 Å². The van der Waals surface area contributed by atoms with Gasteiger partial charge >= 0.3 is 0 Å². The van der Waals surface area contributed by atoms with Gasteiger partial charge in [0.05, 0.1) is 10.7 Å². The van der Waals surface area contributed by atoms with Crippen LogP contribution in [0, 0.1) is 0 Å². The minimum Gasteiger partial charge on any atom is -0.309 e. The van der Waals surface area contributed by atoms with Crippen LogP contribution in [-0.2, 0) is 6.42 Å². The predicted octanol–water partition coefficient (Wildman–Crippen LogP) is 2.91. The normalized spacial score (nSPS) is 10.9. The van der Waals surface area contributed by atoms with Gasteiger partial charge in [0, 0.05) is 23.9 Å². The fourth-order valence-corrected chi connectivity index (χ4v) is 2.28. The van der Waals surface area contributed by atoms with Crippen molar-refractivity contribution in [3.05, 3.63) is 40.7 Å². The minimum absolute atomic E-state index is 1.03. The van der Waals surface area contributed by atoms with Crippen LogP contribution < -0.4 is 0 Å². The lowest BCUT2D eigenvalue weighted by Gasteiger charge is -2.06. The first-order chi connectivity index (χ1) is 7.75. The molecule has 0 aliphatic rings. The molecule has 0 aliphatic heterocycles. The average Bonchev–Trinajstić information content (AvgIpc) is 2.76. The Labute approximate surface area is 101 Å². The van der Waals surface area contributed by atoms with Gasteiger partial charge in [-0.2, -0.15) is 0 Å². The Morgan fingerprint density at radius 2 is 1.94 bits per heavy atom. The molecule has 0 atom stereocenters. The number of nitrogens with zero attached hydrogens (tertiary/aromatic N) is 2. The number of thiazole rings is 1. The summed E-state index contributed by atoms with van der Waals surface area (Å²) in [6, 6.07) is 10.3. The van der Waals surface area contributed by atoms with Gasteiger partial charge in [0.25, 0.3) is 0 Å². The van der Waals surface area contributed by atoms with Gasteiger partial charge in [0.2, 0.25) is 0 Å². The number of hydrogen-bond donors (Lipinski definition) is 0. The summed E-state index contributed by atoms with van der Waals surface area (Å²) >= 11 is 1.75. The third-order valence-corrected chi connectivity index (χ3v) is 3.30. The van der Waals surface area contributed by atoms with Crippen LogP contribution in [0.1, 0.15) is 5.01 Å². The van der Waals surface area contributed by atoms with Crippen molar-refractivity contribution in [2.24, 2.45) is 0 Å². The van der Waals surface area contributed by atoms with E-state index in [4.69, 9.17) is 0 Å². The Morgan fingerprint density at radius 3 is 2.62 bits per heavy atom. The molecule has 0 spiro atoms. The van der Waals surface area contributed by atoms with E-state index in [1.807, 2.05) is 18.2 Å². The van der Waals surface area contributed by atoms with Crippen molar-refractivity contribution in [2.45, 2.75) is 6.42 Å². The second-order valence-electron chi connectivity index (χ2n) is 4.05. The molecule has 2 nitrogen and oxygen atoms in total. The van der Waals surface area contributed by atoms with Gasteiger partial charge in [-0.1, -0.05) is 30.3 Å². The molecule has 3 heteroatoms. The lowest BCUT2D eigenvalue weighted by atomic mass is 10.2. The highest BCUT2D eigenvalue weighted by Crippen LogP contribution is 2.21. The Morgan fingerprint density at radius 1 is 1.19 bits per heavy atom. The van der Waals surface area contributed by atoms with Crippen LogP contribution in [0.25, 0.3) is 11.3 Å². The molecule has 1 aromatic heterocycles. The molecule has 0 fully saturated rings. The monoisotopic (exact) mass is 232 g/mol. The number of aromatic nitrogens is 1. The molecular weight excluding hydrogens is 216 g/mol. The summed E-state index contributed by atoms with van der Waals surface area (Å²) in [5, 5.41) is 3.35. The molecule has 0 unspecified atom stereocenters. The van der Waals surface area contributed by atoms with E-state index in [1.54, 1.807) is 11.3 Å². The molecule has 0 N–H and O–H groups in total. The second-order valence-corrected chi connectivity index (χ2v) is 4.99. The van der Waals surface area contributed by atoms with E-state index in [-0.39, 0.29) is 0 Å². The molecular formula is C13H16N2S. The van der Waals surface area contributed by atoms with E-state index < -0.39 is 0 Å². The molecule has 2 rings (SSSR count). The van der Waals surface area contributed by atoms with Gasteiger partial charge in [0.1, 0.15) is 0 Å². The fourth-order valence-electron chi connectivity index (χ4n) is 1.49. The third-order valence-electron chi connectivity index (χ3n) is 2.39. The van der Waals surface area contributed by atoms with Gasteiger partial charge in [-0.15, -0.1) is 11.3 Å². The summed E-state index contributed by atoms with van der Waals surface area (Å²) < 4.78 is 0. The summed E-state index contributed by atoms with van der Waals surface area (Å²) in [5.41, 5.74) is 2.30. The SMILES string of the molecule is CN(C)CCc1nc(-c2ccccc2)cs1. The summed E-state index contributed by atoms with van der Waals surface area (Å²) in [4.78, 5) is 6.83. The van der Waals surface area contributed by atoms with Gasteiger partial charge in [-0.3, -0.25) is 0 Å². The molecule has 16 heavy (non-hydrogen) atoms. The van der Waals surface area contributed by atoms with Crippen molar-refractivity contribution in [1.29, 1.82) is 0 Å². The summed E-state index contributed by atoms with van der Waals surface area (Å²) in [7, 11) is 4.18. The van der Waals surface area contributed by atoms with E-state index >= 15 is 0 Å². The van der Waals surface area contributed by atoms with E-state index in [0.29, 0.717) is 0 Å². The number of hydrogen-bond acceptors (Lipinski definition) is 3. The number of likely N-dealkylation sites (N-methyl/N-ethyl adjacent to an activating group) is 1. The van der Waals surface area contributed by atoms with Crippen molar-refractivity contribution in [1.82, 2.24) is 9.88 Å². The van der Waals surface area contributed by atoms with Crippen molar-refractivity contribution < 1.29 is 0 Å². The first-order valence-corrected chi connectivity index (χ1v) is 6.28. The van der Waals surface area contributed by atoms with Crippen molar-refractivity contribution >= 4 is 11.3 Å². The maximum Gasteiger partial charge on any atom is 0.0945 e. The Balaban J connectivity index is 2.08. The maximum absolute atomic E-state index is 4.64. The standard InChI is InChI=1S/C13H16N2S/c1-15(2)9-8-13-14-12(10-16-13)11-6-4-3-5-7-11/h3-7,10H,8-9H2,1-2H3. The molecule has 0 radical (unpaired) electrons. The highest BCUT2D eigenvalue weighted by atomic mass is 32.1. The number of benzene rings is 1. The zero-order chi connectivity index (χ0) is 11.4. The first-order valence-electron chi connectivity index (χ1n) is 5.40. The van der Waals surface area contributed by atoms with Crippen LogP contribution in [0.2, 0.25) is 0 Å². The fraction of sp³-hybridized carbons (Fsp3) is 0.308. The highest BCUT2D eigenvalue weighted by Gasteiger charge is 2.04. The van der Waals surface area contributed by atoms with Crippen molar-refractivity contribution in [2.75, 3.05) is 20.6 Å². The topological polar surface area (TPSA) is 16.1 Å². The van der Waals surface area contributed by atoms with Gasteiger partial charge in [0.15, 0.2) is 0 Å². The highest BCUT2D eigenvalue weighted by molar-refractivity contribution is 7.09. The average molecular weight is 232 g/mol. The summed E-state index contributed by atoms with van der Waals surface area (Å²) in [5.74, 6) is 0. The van der Waals surface area contributed by atoms with Crippen molar-refractivity contribution in [3.63, 3.8) is 0 Å². The Hall–Kier alpha value is -1.19. The molecule has 0 aliphatic carbocycles. The van der Waals surface area contributed by atoms with Crippen molar-refractivity contribution in [3.8, 4) is 11.3 Å². The van der Waals surface area contributed by atoms with E-state index in [9.17, 15) is 0 Å². The van der Waals surface area contributed by atoms with Gasteiger partial charge < -0.3 is 4.90 Å². The third kappa shape index (κ3) is 2.90. The largest absolute Gasteiger partial charge is 0.309 e. The number of rotatable bonds is 4. The minimum atomic E-state index is 1.03. The summed E-state index contributed by atoms with van der Waals surface area (Å²) in [6.45, 7) is 1.06. The zero-order valence-corrected chi connectivity index (χ0v) is 10.5. The van der Waals surface area contributed by atoms with Gasteiger partial charge in [-0.05, 0) is 14.1 Å².